The second kappa shape index (κ2) is 6.33. The first-order chi connectivity index (χ1) is 11.4. The Morgan fingerprint density at radius 1 is 1.54 bits per heavy atom. The summed E-state index contributed by atoms with van der Waals surface area (Å²) in [6.45, 7) is 2.20. The van der Waals surface area contributed by atoms with Crippen LogP contribution in [0.1, 0.15) is 30.1 Å². The predicted octanol–water partition coefficient (Wildman–Crippen LogP) is 1.56. The number of carbonyl (C=O) groups excluding carboxylic acids is 1. The van der Waals surface area contributed by atoms with E-state index in [9.17, 15) is 19.4 Å². The third-order valence-electron chi connectivity index (χ3n) is 4.71. The maximum Gasteiger partial charge on any atom is 0.257 e. The van der Waals surface area contributed by atoms with Gasteiger partial charge in [-0.1, -0.05) is 19.1 Å². The fraction of sp³-hybridized carbons (Fsp3) is 0.412. The molecule has 7 heteroatoms. The Bertz CT molecular complexity index is 748. The number of nitrogens with zero attached hydrogens (tertiary/aromatic N) is 2. The second-order valence-corrected chi connectivity index (χ2v) is 6.14. The number of aromatic amines is 1. The molecule has 0 aliphatic carbocycles. The van der Waals surface area contributed by atoms with E-state index < -0.39 is 17.5 Å². The van der Waals surface area contributed by atoms with E-state index in [0.29, 0.717) is 36.2 Å². The van der Waals surface area contributed by atoms with Gasteiger partial charge in [0.2, 0.25) is 0 Å². The van der Waals surface area contributed by atoms with Crippen LogP contribution in [0.4, 0.5) is 4.39 Å². The summed E-state index contributed by atoms with van der Waals surface area (Å²) in [6, 6.07) is 5.90. The molecule has 2 aromatic rings. The first-order valence-corrected chi connectivity index (χ1v) is 7.93. The van der Waals surface area contributed by atoms with Crippen molar-refractivity contribution in [1.82, 2.24) is 15.1 Å². The van der Waals surface area contributed by atoms with E-state index in [4.69, 9.17) is 0 Å². The van der Waals surface area contributed by atoms with Gasteiger partial charge >= 0.3 is 0 Å². The number of aliphatic hydroxyl groups excluding tert-OH is 1. The molecule has 0 saturated carbocycles. The van der Waals surface area contributed by atoms with E-state index in [0.717, 1.165) is 0 Å². The van der Waals surface area contributed by atoms with E-state index in [1.807, 2.05) is 0 Å². The largest absolute Gasteiger partial charge is 0.388 e. The van der Waals surface area contributed by atoms with Crippen LogP contribution in [0, 0.1) is 5.82 Å². The maximum atomic E-state index is 13.4. The number of hydrogen-bond donors (Lipinski definition) is 3. The van der Waals surface area contributed by atoms with Gasteiger partial charge in [-0.3, -0.25) is 9.89 Å². The SMILES string of the molecule is CC[C@@]1(O)CCN(C(=O)c2cn[nH]c2-c2cccc(F)c2)C[C@H]1O. The topological polar surface area (TPSA) is 89.5 Å². The lowest BCUT2D eigenvalue weighted by Gasteiger charge is -2.41. The van der Waals surface area contributed by atoms with Gasteiger partial charge < -0.3 is 15.1 Å². The summed E-state index contributed by atoms with van der Waals surface area (Å²) in [4.78, 5) is 14.3. The number of benzene rings is 1. The van der Waals surface area contributed by atoms with Gasteiger partial charge in [0, 0.05) is 18.7 Å². The Kier molecular flexibility index (Phi) is 4.38. The summed E-state index contributed by atoms with van der Waals surface area (Å²) in [7, 11) is 0. The zero-order valence-electron chi connectivity index (χ0n) is 13.4. The average molecular weight is 333 g/mol. The molecular formula is C17H20FN3O3. The average Bonchev–Trinajstić information content (AvgIpc) is 3.06. The van der Waals surface area contributed by atoms with Crippen molar-refractivity contribution in [1.29, 1.82) is 0 Å². The fourth-order valence-corrected chi connectivity index (χ4v) is 3.04. The van der Waals surface area contributed by atoms with E-state index >= 15 is 0 Å². The second-order valence-electron chi connectivity index (χ2n) is 6.14. The third-order valence-corrected chi connectivity index (χ3v) is 4.71. The van der Waals surface area contributed by atoms with Crippen LogP contribution in [0.2, 0.25) is 0 Å². The smallest absolute Gasteiger partial charge is 0.257 e. The maximum absolute atomic E-state index is 13.4. The number of aliphatic hydroxyl groups is 2. The lowest BCUT2D eigenvalue weighted by Crippen LogP contribution is -2.56. The molecule has 1 amide bonds. The molecule has 3 rings (SSSR count). The molecule has 0 unspecified atom stereocenters. The lowest BCUT2D eigenvalue weighted by atomic mass is 9.86. The van der Waals surface area contributed by atoms with Gasteiger partial charge in [-0.2, -0.15) is 5.10 Å². The summed E-state index contributed by atoms with van der Waals surface area (Å²) in [5.74, 6) is -0.706. The lowest BCUT2D eigenvalue weighted by molar-refractivity contribution is -0.114. The number of nitrogens with one attached hydrogen (secondary N) is 1. The van der Waals surface area contributed by atoms with Crippen molar-refractivity contribution in [3.05, 3.63) is 41.8 Å². The molecule has 1 aromatic carbocycles. The highest BCUT2D eigenvalue weighted by molar-refractivity contribution is 5.99. The molecule has 1 aliphatic rings. The van der Waals surface area contributed by atoms with Gasteiger partial charge in [0.25, 0.3) is 5.91 Å². The molecule has 1 saturated heterocycles. The number of rotatable bonds is 3. The van der Waals surface area contributed by atoms with Crippen molar-refractivity contribution >= 4 is 5.91 Å². The number of aromatic nitrogens is 2. The molecule has 128 valence electrons. The van der Waals surface area contributed by atoms with Crippen molar-refractivity contribution in [3.63, 3.8) is 0 Å². The zero-order chi connectivity index (χ0) is 17.3. The predicted molar refractivity (Wildman–Crippen MR) is 85.7 cm³/mol. The van der Waals surface area contributed by atoms with Crippen molar-refractivity contribution in [2.45, 2.75) is 31.5 Å². The standard InChI is InChI=1S/C17H20FN3O3/c1-2-17(24)6-7-21(10-14(17)22)16(23)13-9-19-20-15(13)11-4-3-5-12(18)8-11/h3-5,8-9,14,22,24H,2,6-7,10H2,1H3,(H,19,20)/t14-,17-/m1/s1. The molecule has 6 nitrogen and oxygen atoms in total. The first kappa shape index (κ1) is 16.6. The van der Waals surface area contributed by atoms with Crippen molar-refractivity contribution in [2.75, 3.05) is 13.1 Å². The Morgan fingerprint density at radius 2 is 2.33 bits per heavy atom. The van der Waals surface area contributed by atoms with Crippen molar-refractivity contribution in [2.24, 2.45) is 0 Å². The summed E-state index contributed by atoms with van der Waals surface area (Å²) in [6.07, 6.45) is 1.14. The molecule has 2 heterocycles. The minimum atomic E-state index is -1.15. The van der Waals surface area contributed by atoms with Crippen LogP contribution >= 0.6 is 0 Å². The van der Waals surface area contributed by atoms with Gasteiger partial charge in [0.15, 0.2) is 0 Å². The number of likely N-dealkylation sites (tertiary alicyclic amines) is 1. The van der Waals surface area contributed by atoms with Crippen LogP contribution < -0.4 is 0 Å². The molecule has 24 heavy (non-hydrogen) atoms. The van der Waals surface area contributed by atoms with Crippen molar-refractivity contribution in [3.8, 4) is 11.3 Å². The highest BCUT2D eigenvalue weighted by Crippen LogP contribution is 2.28. The summed E-state index contributed by atoms with van der Waals surface area (Å²) in [5.41, 5.74) is 0.122. The van der Waals surface area contributed by atoms with Gasteiger partial charge in [-0.15, -0.1) is 0 Å². The van der Waals surface area contributed by atoms with E-state index in [2.05, 4.69) is 10.2 Å². The Balaban J connectivity index is 1.84. The van der Waals surface area contributed by atoms with Crippen LogP contribution in [-0.2, 0) is 0 Å². The fourth-order valence-electron chi connectivity index (χ4n) is 3.04. The number of H-pyrrole nitrogens is 1. The van der Waals surface area contributed by atoms with Crippen LogP contribution in [0.5, 0.6) is 0 Å². The molecule has 0 bridgehead atoms. The molecule has 1 fully saturated rings. The Labute approximate surface area is 138 Å². The van der Waals surface area contributed by atoms with Crippen molar-refractivity contribution < 1.29 is 19.4 Å². The van der Waals surface area contributed by atoms with E-state index in [-0.39, 0.29) is 12.5 Å². The normalized spacial score (nSPS) is 24.2. The number of β-amino-alcohol motifs (C(OH)–C–C–N with tert-alkyl or cyclic N) is 1. The monoisotopic (exact) mass is 333 g/mol. The summed E-state index contributed by atoms with van der Waals surface area (Å²) < 4.78 is 13.4. The van der Waals surface area contributed by atoms with Crippen LogP contribution in [-0.4, -0.2) is 56.0 Å². The summed E-state index contributed by atoms with van der Waals surface area (Å²) in [5, 5.41) is 27.1. The van der Waals surface area contributed by atoms with Gasteiger partial charge in [-0.25, -0.2) is 4.39 Å². The number of hydrogen-bond acceptors (Lipinski definition) is 4. The minimum absolute atomic E-state index is 0.0525. The first-order valence-electron chi connectivity index (χ1n) is 7.93. The third kappa shape index (κ3) is 2.92. The highest BCUT2D eigenvalue weighted by Gasteiger charge is 2.40. The number of carbonyl (C=O) groups is 1. The van der Waals surface area contributed by atoms with Gasteiger partial charge in [0.05, 0.1) is 23.1 Å². The molecule has 1 aromatic heterocycles. The zero-order valence-corrected chi connectivity index (χ0v) is 13.4. The quantitative estimate of drug-likeness (QED) is 0.795. The number of halogens is 1. The summed E-state index contributed by atoms with van der Waals surface area (Å²) >= 11 is 0. The molecule has 0 radical (unpaired) electrons. The number of piperidine rings is 1. The Hall–Kier alpha value is -2.25. The highest BCUT2D eigenvalue weighted by atomic mass is 19.1. The van der Waals surface area contributed by atoms with Gasteiger partial charge in [-0.05, 0) is 25.0 Å². The molecule has 2 atom stereocenters. The van der Waals surface area contributed by atoms with E-state index in [1.165, 1.54) is 23.2 Å². The van der Waals surface area contributed by atoms with Crippen LogP contribution in [0.15, 0.2) is 30.5 Å². The Morgan fingerprint density at radius 3 is 3.00 bits per heavy atom. The minimum Gasteiger partial charge on any atom is -0.388 e. The molecule has 0 spiro atoms. The van der Waals surface area contributed by atoms with Crippen LogP contribution in [0.3, 0.4) is 0 Å². The van der Waals surface area contributed by atoms with Gasteiger partial charge in [0.1, 0.15) is 11.9 Å². The molecular weight excluding hydrogens is 313 g/mol. The number of amides is 1. The van der Waals surface area contributed by atoms with Crippen LogP contribution in [0.25, 0.3) is 11.3 Å². The molecule has 3 N–H and O–H groups in total. The van der Waals surface area contributed by atoms with E-state index in [1.54, 1.807) is 19.1 Å². The molecule has 1 aliphatic heterocycles.